The molecule has 0 N–H and O–H groups in total. The standard InChI is InChI=1S/C14H20O/c1-4-11-5-7-14(3)8-6-13(15)10(2)12(14)9-11/h1,10-12H,5-9H2,2-3H3/t10-,11+,12+,14-/m0/s1. The normalized spacial score (nSPS) is 45.7. The molecule has 0 aromatic rings. The molecule has 4 atom stereocenters. The number of hydrogen-bond donors (Lipinski definition) is 0. The second-order valence-corrected chi connectivity index (χ2v) is 5.65. The number of ketones is 1. The lowest BCUT2D eigenvalue weighted by atomic mass is 9.55. The van der Waals surface area contributed by atoms with Gasteiger partial charge in [-0.1, -0.05) is 13.8 Å². The molecule has 82 valence electrons. The molecule has 0 spiro atoms. The van der Waals surface area contributed by atoms with Crippen molar-refractivity contribution in [1.82, 2.24) is 0 Å². The molecule has 0 aliphatic heterocycles. The zero-order valence-electron chi connectivity index (χ0n) is 9.75. The summed E-state index contributed by atoms with van der Waals surface area (Å²) in [7, 11) is 0. The predicted octanol–water partition coefficient (Wildman–Crippen LogP) is 3.04. The van der Waals surface area contributed by atoms with Gasteiger partial charge in [0, 0.05) is 18.3 Å². The third-order valence-electron chi connectivity index (χ3n) is 4.79. The van der Waals surface area contributed by atoms with Crippen LogP contribution in [0.3, 0.4) is 0 Å². The molecule has 0 bridgehead atoms. The molecule has 0 unspecified atom stereocenters. The molecule has 0 aromatic heterocycles. The quantitative estimate of drug-likeness (QED) is 0.554. The van der Waals surface area contributed by atoms with Crippen LogP contribution in [0.2, 0.25) is 0 Å². The van der Waals surface area contributed by atoms with Crippen molar-refractivity contribution in [3.05, 3.63) is 0 Å². The van der Waals surface area contributed by atoms with Gasteiger partial charge < -0.3 is 0 Å². The molecule has 0 radical (unpaired) electrons. The number of terminal acetylenes is 1. The van der Waals surface area contributed by atoms with Crippen LogP contribution in [0.5, 0.6) is 0 Å². The first kappa shape index (κ1) is 10.7. The Bertz CT molecular complexity index is 312. The van der Waals surface area contributed by atoms with Gasteiger partial charge in [0.2, 0.25) is 0 Å². The van der Waals surface area contributed by atoms with Crippen molar-refractivity contribution in [1.29, 1.82) is 0 Å². The minimum Gasteiger partial charge on any atom is -0.299 e. The van der Waals surface area contributed by atoms with E-state index in [1.54, 1.807) is 0 Å². The number of fused-ring (bicyclic) bond motifs is 1. The van der Waals surface area contributed by atoms with Crippen molar-refractivity contribution in [3.8, 4) is 12.3 Å². The summed E-state index contributed by atoms with van der Waals surface area (Å²) in [5.74, 6) is 4.52. The average Bonchev–Trinajstić information content (AvgIpc) is 2.24. The van der Waals surface area contributed by atoms with Gasteiger partial charge in [-0.25, -0.2) is 0 Å². The fourth-order valence-electron chi connectivity index (χ4n) is 3.53. The molecule has 0 amide bonds. The molecule has 2 aliphatic rings. The average molecular weight is 204 g/mol. The molecule has 1 heteroatoms. The van der Waals surface area contributed by atoms with Crippen LogP contribution in [0.25, 0.3) is 0 Å². The summed E-state index contributed by atoms with van der Waals surface area (Å²) >= 11 is 0. The molecular formula is C14H20O. The SMILES string of the molecule is C#C[C@@H]1CC[C@@]2(C)CCC(=O)[C@@H](C)[C@H]2C1. The molecular weight excluding hydrogens is 184 g/mol. The Labute approximate surface area is 92.6 Å². The third kappa shape index (κ3) is 1.71. The van der Waals surface area contributed by atoms with Crippen molar-refractivity contribution in [3.63, 3.8) is 0 Å². The minimum absolute atomic E-state index is 0.236. The molecule has 2 rings (SSSR count). The Hall–Kier alpha value is -0.770. The van der Waals surface area contributed by atoms with E-state index in [0.29, 0.717) is 23.0 Å². The van der Waals surface area contributed by atoms with Crippen molar-refractivity contribution in [2.45, 2.75) is 46.0 Å². The fourth-order valence-corrected chi connectivity index (χ4v) is 3.53. The van der Waals surface area contributed by atoms with Gasteiger partial charge in [-0.3, -0.25) is 4.79 Å². The minimum atomic E-state index is 0.236. The van der Waals surface area contributed by atoms with Gasteiger partial charge in [-0.05, 0) is 37.0 Å². The van der Waals surface area contributed by atoms with Crippen LogP contribution in [-0.2, 0) is 4.79 Å². The molecule has 0 aromatic carbocycles. The van der Waals surface area contributed by atoms with Crippen LogP contribution < -0.4 is 0 Å². The van der Waals surface area contributed by atoms with Gasteiger partial charge in [-0.15, -0.1) is 12.3 Å². The molecule has 15 heavy (non-hydrogen) atoms. The number of carbonyl (C=O) groups excluding carboxylic acids is 1. The van der Waals surface area contributed by atoms with Gasteiger partial charge in [0.15, 0.2) is 0 Å². The lowest BCUT2D eigenvalue weighted by molar-refractivity contribution is -0.132. The number of carbonyl (C=O) groups is 1. The van der Waals surface area contributed by atoms with Crippen molar-refractivity contribution in [2.24, 2.45) is 23.2 Å². The number of rotatable bonds is 0. The Kier molecular flexibility index (Phi) is 2.63. The highest BCUT2D eigenvalue weighted by Crippen LogP contribution is 2.52. The molecule has 2 fully saturated rings. The van der Waals surface area contributed by atoms with Crippen LogP contribution in [0.15, 0.2) is 0 Å². The first-order valence-corrected chi connectivity index (χ1v) is 6.05. The zero-order valence-corrected chi connectivity index (χ0v) is 9.75. The van der Waals surface area contributed by atoms with Gasteiger partial charge >= 0.3 is 0 Å². The largest absolute Gasteiger partial charge is 0.299 e. The van der Waals surface area contributed by atoms with Crippen LogP contribution in [-0.4, -0.2) is 5.78 Å². The van der Waals surface area contributed by atoms with Gasteiger partial charge in [0.25, 0.3) is 0 Å². The van der Waals surface area contributed by atoms with E-state index < -0.39 is 0 Å². The maximum Gasteiger partial charge on any atom is 0.136 e. The molecule has 1 nitrogen and oxygen atoms in total. The van der Waals surface area contributed by atoms with Crippen molar-refractivity contribution in [2.75, 3.05) is 0 Å². The summed E-state index contributed by atoms with van der Waals surface area (Å²) in [6, 6.07) is 0. The van der Waals surface area contributed by atoms with E-state index in [-0.39, 0.29) is 5.92 Å². The van der Waals surface area contributed by atoms with Crippen LogP contribution in [0, 0.1) is 35.5 Å². The maximum atomic E-state index is 11.7. The van der Waals surface area contributed by atoms with E-state index in [2.05, 4.69) is 19.8 Å². The van der Waals surface area contributed by atoms with Gasteiger partial charge in [-0.2, -0.15) is 0 Å². The summed E-state index contributed by atoms with van der Waals surface area (Å²) in [5.41, 5.74) is 0.390. The molecule has 2 aliphatic carbocycles. The van der Waals surface area contributed by atoms with E-state index in [9.17, 15) is 4.79 Å². The highest BCUT2D eigenvalue weighted by atomic mass is 16.1. The molecule has 0 heterocycles. The van der Waals surface area contributed by atoms with Crippen LogP contribution in [0.1, 0.15) is 46.0 Å². The van der Waals surface area contributed by atoms with E-state index in [1.165, 1.54) is 6.42 Å². The second-order valence-electron chi connectivity index (χ2n) is 5.65. The number of Topliss-reactive ketones (excluding diaryl/α,β-unsaturated/α-hetero) is 1. The lowest BCUT2D eigenvalue weighted by Crippen LogP contribution is -2.44. The predicted molar refractivity (Wildman–Crippen MR) is 61.2 cm³/mol. The highest BCUT2D eigenvalue weighted by Gasteiger charge is 2.46. The third-order valence-corrected chi connectivity index (χ3v) is 4.79. The summed E-state index contributed by atoms with van der Waals surface area (Å²) in [5, 5.41) is 0. The van der Waals surface area contributed by atoms with Crippen molar-refractivity contribution < 1.29 is 4.79 Å². The Morgan fingerprint density at radius 3 is 2.87 bits per heavy atom. The first-order valence-electron chi connectivity index (χ1n) is 6.05. The number of hydrogen-bond acceptors (Lipinski definition) is 1. The highest BCUT2D eigenvalue weighted by molar-refractivity contribution is 5.82. The molecule has 2 saturated carbocycles. The topological polar surface area (TPSA) is 17.1 Å². The second kappa shape index (κ2) is 3.67. The van der Waals surface area contributed by atoms with Crippen molar-refractivity contribution >= 4 is 5.78 Å². The smallest absolute Gasteiger partial charge is 0.136 e. The zero-order chi connectivity index (χ0) is 11.1. The summed E-state index contributed by atoms with van der Waals surface area (Å²) < 4.78 is 0. The lowest BCUT2D eigenvalue weighted by Gasteiger charge is -2.49. The Morgan fingerprint density at radius 1 is 1.47 bits per heavy atom. The Balaban J connectivity index is 2.20. The van der Waals surface area contributed by atoms with Crippen LogP contribution >= 0.6 is 0 Å². The van der Waals surface area contributed by atoms with E-state index in [1.807, 2.05) is 0 Å². The Morgan fingerprint density at radius 2 is 2.20 bits per heavy atom. The van der Waals surface area contributed by atoms with E-state index >= 15 is 0 Å². The first-order chi connectivity index (χ1) is 7.07. The summed E-state index contributed by atoms with van der Waals surface area (Å²) in [4.78, 5) is 11.7. The van der Waals surface area contributed by atoms with Gasteiger partial charge in [0.05, 0.1) is 0 Å². The fraction of sp³-hybridized carbons (Fsp3) is 0.786. The molecule has 0 saturated heterocycles. The van der Waals surface area contributed by atoms with E-state index in [4.69, 9.17) is 6.42 Å². The van der Waals surface area contributed by atoms with E-state index in [0.717, 1.165) is 25.7 Å². The maximum absolute atomic E-state index is 11.7. The summed E-state index contributed by atoms with van der Waals surface area (Å²) in [6.45, 7) is 4.46. The van der Waals surface area contributed by atoms with Crippen LogP contribution in [0.4, 0.5) is 0 Å². The monoisotopic (exact) mass is 204 g/mol. The van der Waals surface area contributed by atoms with Gasteiger partial charge in [0.1, 0.15) is 5.78 Å². The summed E-state index contributed by atoms with van der Waals surface area (Å²) in [6.07, 6.45) is 10.8.